The van der Waals surface area contributed by atoms with Gasteiger partial charge in [0.1, 0.15) is 5.75 Å². The third-order valence-corrected chi connectivity index (χ3v) is 3.58. The first-order valence-electron chi connectivity index (χ1n) is 7.07. The largest absolute Gasteiger partial charge is 0.497 e. The lowest BCUT2D eigenvalue weighted by Gasteiger charge is -2.22. The lowest BCUT2D eigenvalue weighted by atomic mass is 10.1. The second kappa shape index (κ2) is 7.24. The molecule has 0 spiro atoms. The van der Waals surface area contributed by atoms with Crippen LogP contribution in [0.5, 0.6) is 5.75 Å². The van der Waals surface area contributed by atoms with Crippen LogP contribution >= 0.6 is 0 Å². The first kappa shape index (κ1) is 15.5. The summed E-state index contributed by atoms with van der Waals surface area (Å²) in [6.07, 6.45) is 5.05. The van der Waals surface area contributed by atoms with Crippen LogP contribution in [0.25, 0.3) is 6.08 Å². The van der Waals surface area contributed by atoms with E-state index in [2.05, 4.69) is 4.90 Å². The summed E-state index contributed by atoms with van der Waals surface area (Å²) in [4.78, 5) is 12.9. The Hall–Kier alpha value is -1.85. The van der Waals surface area contributed by atoms with Gasteiger partial charge in [0, 0.05) is 25.2 Å². The first-order valence-corrected chi connectivity index (χ1v) is 7.07. The number of aliphatic carboxylic acids is 1. The molecule has 0 bridgehead atoms. The Balaban J connectivity index is 2.22. The molecule has 1 aromatic rings. The van der Waals surface area contributed by atoms with E-state index in [0.29, 0.717) is 19.1 Å². The maximum atomic E-state index is 10.7. The number of rotatable bonds is 8. The highest BCUT2D eigenvalue weighted by molar-refractivity contribution is 5.85. The molecule has 0 aromatic heterocycles. The lowest BCUT2D eigenvalue weighted by Crippen LogP contribution is -2.28. The number of ether oxygens (including phenoxy) is 1. The van der Waals surface area contributed by atoms with Gasteiger partial charge in [0.15, 0.2) is 0 Å². The molecular formula is C16H21NO4. The zero-order valence-corrected chi connectivity index (χ0v) is 12.2. The number of hydrogen-bond acceptors (Lipinski definition) is 4. The highest BCUT2D eigenvalue weighted by atomic mass is 16.5. The van der Waals surface area contributed by atoms with Crippen molar-refractivity contribution in [3.63, 3.8) is 0 Å². The molecule has 0 amide bonds. The van der Waals surface area contributed by atoms with E-state index in [1.54, 1.807) is 13.2 Å². The van der Waals surface area contributed by atoms with Gasteiger partial charge in [-0.2, -0.15) is 0 Å². The summed E-state index contributed by atoms with van der Waals surface area (Å²) < 4.78 is 5.24. The van der Waals surface area contributed by atoms with Crippen LogP contribution in [0.15, 0.2) is 24.3 Å². The second-order valence-electron chi connectivity index (χ2n) is 5.16. The van der Waals surface area contributed by atoms with E-state index in [4.69, 9.17) is 9.84 Å². The summed E-state index contributed by atoms with van der Waals surface area (Å²) in [5.41, 5.74) is 1.87. The van der Waals surface area contributed by atoms with E-state index in [-0.39, 0.29) is 6.61 Å². The van der Waals surface area contributed by atoms with Gasteiger partial charge < -0.3 is 14.9 Å². The van der Waals surface area contributed by atoms with E-state index < -0.39 is 5.97 Å². The van der Waals surface area contributed by atoms with E-state index >= 15 is 0 Å². The van der Waals surface area contributed by atoms with E-state index in [9.17, 15) is 9.90 Å². The Labute approximate surface area is 124 Å². The van der Waals surface area contributed by atoms with Gasteiger partial charge in [-0.1, -0.05) is 6.07 Å². The molecule has 1 aliphatic rings. The van der Waals surface area contributed by atoms with Crippen LogP contribution < -0.4 is 4.74 Å². The fourth-order valence-electron chi connectivity index (χ4n) is 2.35. The smallest absolute Gasteiger partial charge is 0.328 e. The summed E-state index contributed by atoms with van der Waals surface area (Å²) in [6.45, 7) is 1.44. The predicted octanol–water partition coefficient (Wildman–Crippen LogP) is 1.75. The van der Waals surface area contributed by atoms with E-state index in [1.165, 1.54) is 0 Å². The fraction of sp³-hybridized carbons (Fsp3) is 0.438. The number of nitrogens with zero attached hydrogens (tertiary/aromatic N) is 1. The summed E-state index contributed by atoms with van der Waals surface area (Å²) >= 11 is 0. The van der Waals surface area contributed by atoms with Gasteiger partial charge in [-0.25, -0.2) is 4.79 Å². The van der Waals surface area contributed by atoms with Crippen molar-refractivity contribution in [1.29, 1.82) is 0 Å². The molecule has 0 unspecified atom stereocenters. The minimum absolute atomic E-state index is 0.126. The van der Waals surface area contributed by atoms with Crippen molar-refractivity contribution < 1.29 is 19.7 Å². The molecule has 5 heteroatoms. The van der Waals surface area contributed by atoms with Crippen molar-refractivity contribution in [3.8, 4) is 5.75 Å². The molecule has 0 heterocycles. The van der Waals surface area contributed by atoms with Crippen molar-refractivity contribution in [2.75, 3.05) is 20.3 Å². The van der Waals surface area contributed by atoms with Crippen LogP contribution in [-0.4, -0.2) is 47.4 Å². The molecule has 114 valence electrons. The van der Waals surface area contributed by atoms with Crippen LogP contribution in [-0.2, 0) is 11.3 Å². The highest BCUT2D eigenvalue weighted by Gasteiger charge is 2.28. The molecule has 2 rings (SSSR count). The molecule has 1 fully saturated rings. The van der Waals surface area contributed by atoms with Crippen LogP contribution in [0.3, 0.4) is 0 Å². The molecule has 0 saturated heterocycles. The summed E-state index contributed by atoms with van der Waals surface area (Å²) in [6, 6.07) is 6.13. The molecule has 21 heavy (non-hydrogen) atoms. The van der Waals surface area contributed by atoms with Crippen molar-refractivity contribution in [1.82, 2.24) is 4.90 Å². The summed E-state index contributed by atoms with van der Waals surface area (Å²) in [5.74, 6) is -0.219. The Morgan fingerprint density at radius 2 is 2.24 bits per heavy atom. The standard InChI is InChI=1S/C16H21NO4/c1-21-15-6-2-12(3-7-16(19)20)13(10-15)11-17(8-9-18)14-4-5-14/h2-3,6-7,10,14,18H,4-5,8-9,11H2,1H3,(H,19,20). The topological polar surface area (TPSA) is 70.0 Å². The van der Waals surface area contributed by atoms with Gasteiger partial charge in [-0.05, 0) is 42.2 Å². The Morgan fingerprint density at radius 3 is 2.81 bits per heavy atom. The van der Waals surface area contributed by atoms with Crippen LogP contribution in [0.2, 0.25) is 0 Å². The van der Waals surface area contributed by atoms with Crippen molar-refractivity contribution in [2.45, 2.75) is 25.4 Å². The number of benzene rings is 1. The SMILES string of the molecule is COc1ccc(C=CC(=O)O)c(CN(CCO)C2CC2)c1. The van der Waals surface area contributed by atoms with Gasteiger partial charge in [0.05, 0.1) is 13.7 Å². The minimum Gasteiger partial charge on any atom is -0.497 e. The van der Waals surface area contributed by atoms with Crippen molar-refractivity contribution in [2.24, 2.45) is 0 Å². The number of carboxylic acid groups (broad SMARTS) is 1. The number of aliphatic hydroxyl groups excluding tert-OH is 1. The number of carboxylic acids is 1. The van der Waals surface area contributed by atoms with Crippen LogP contribution in [0.4, 0.5) is 0 Å². The third kappa shape index (κ3) is 4.58. The van der Waals surface area contributed by atoms with Gasteiger partial charge in [0.25, 0.3) is 0 Å². The third-order valence-electron chi connectivity index (χ3n) is 3.58. The van der Waals surface area contributed by atoms with E-state index in [0.717, 1.165) is 35.8 Å². The van der Waals surface area contributed by atoms with E-state index in [1.807, 2.05) is 18.2 Å². The zero-order valence-electron chi connectivity index (χ0n) is 12.2. The summed E-state index contributed by atoms with van der Waals surface area (Å²) in [7, 11) is 1.61. The summed E-state index contributed by atoms with van der Waals surface area (Å²) in [5, 5.41) is 18.0. The molecular weight excluding hydrogens is 270 g/mol. The monoisotopic (exact) mass is 291 g/mol. The highest BCUT2D eigenvalue weighted by Crippen LogP contribution is 2.29. The maximum absolute atomic E-state index is 10.7. The van der Waals surface area contributed by atoms with Crippen molar-refractivity contribution >= 4 is 12.0 Å². The molecule has 1 aliphatic carbocycles. The molecule has 0 atom stereocenters. The molecule has 1 saturated carbocycles. The molecule has 2 N–H and O–H groups in total. The Bertz CT molecular complexity index is 523. The van der Waals surface area contributed by atoms with Crippen molar-refractivity contribution in [3.05, 3.63) is 35.4 Å². The van der Waals surface area contributed by atoms with Gasteiger partial charge in [-0.3, -0.25) is 4.90 Å². The van der Waals surface area contributed by atoms with Gasteiger partial charge in [-0.15, -0.1) is 0 Å². The molecule has 1 aromatic carbocycles. The Kier molecular flexibility index (Phi) is 5.36. The quantitative estimate of drug-likeness (QED) is 0.714. The number of methoxy groups -OCH3 is 1. The minimum atomic E-state index is -0.967. The number of hydrogen-bond donors (Lipinski definition) is 2. The first-order chi connectivity index (χ1) is 10.1. The molecule has 0 radical (unpaired) electrons. The fourth-order valence-corrected chi connectivity index (χ4v) is 2.35. The zero-order chi connectivity index (χ0) is 15.2. The number of aliphatic hydroxyl groups is 1. The van der Waals surface area contributed by atoms with Crippen LogP contribution in [0.1, 0.15) is 24.0 Å². The lowest BCUT2D eigenvalue weighted by molar-refractivity contribution is -0.131. The molecule has 5 nitrogen and oxygen atoms in total. The average molecular weight is 291 g/mol. The normalized spacial score (nSPS) is 14.8. The van der Waals surface area contributed by atoms with Gasteiger partial charge in [0.2, 0.25) is 0 Å². The molecule has 0 aliphatic heterocycles. The van der Waals surface area contributed by atoms with Crippen LogP contribution in [0, 0.1) is 0 Å². The van der Waals surface area contributed by atoms with Gasteiger partial charge >= 0.3 is 5.97 Å². The Morgan fingerprint density at radius 1 is 1.48 bits per heavy atom. The predicted molar refractivity (Wildman–Crippen MR) is 80.2 cm³/mol. The number of carbonyl (C=O) groups is 1. The maximum Gasteiger partial charge on any atom is 0.328 e. The average Bonchev–Trinajstić information content (AvgIpc) is 3.29. The second-order valence-corrected chi connectivity index (χ2v) is 5.16.